The molecule has 4 N–H and O–H groups in total. The lowest BCUT2D eigenvalue weighted by Crippen LogP contribution is -2.37. The molecular formula is C14H22N2O7S. The zero-order chi connectivity index (χ0) is 18.1. The average Bonchev–Trinajstić information content (AvgIpc) is 2.82. The highest BCUT2D eigenvalue weighted by Crippen LogP contribution is 2.31. The molecule has 1 saturated heterocycles. The van der Waals surface area contributed by atoms with E-state index in [-0.39, 0.29) is 11.2 Å². The molecule has 0 radical (unpaired) electrons. The van der Waals surface area contributed by atoms with Gasteiger partial charge in [0.15, 0.2) is 16.8 Å². The number of hydrogen-bond donors (Lipinski definition) is 4. The summed E-state index contributed by atoms with van der Waals surface area (Å²) in [5, 5.41) is 29.4. The Hall–Kier alpha value is -1.14. The topological polar surface area (TPSA) is 126 Å². The number of nitrogens with zero attached hydrogens (tertiary/aromatic N) is 1. The summed E-state index contributed by atoms with van der Waals surface area (Å²) in [5.41, 5.74) is -0.0302. The molecule has 0 spiro atoms. The Morgan fingerprint density at radius 1 is 1.38 bits per heavy atom. The fourth-order valence-electron chi connectivity index (χ4n) is 2.62. The van der Waals surface area contributed by atoms with Crippen LogP contribution in [0.3, 0.4) is 0 Å². The van der Waals surface area contributed by atoms with Crippen molar-refractivity contribution >= 4 is 12.2 Å². The largest absolute Gasteiger partial charge is 0.394 e. The van der Waals surface area contributed by atoms with Crippen LogP contribution in [0.15, 0.2) is 10.9 Å². The van der Waals surface area contributed by atoms with Crippen LogP contribution >= 0.6 is 12.2 Å². The number of H-pyrrole nitrogens is 1. The Balaban J connectivity index is 2.50. The Morgan fingerprint density at radius 2 is 2.00 bits per heavy atom. The molecule has 0 aliphatic carbocycles. The van der Waals surface area contributed by atoms with Crippen LogP contribution in [0.1, 0.15) is 18.8 Å². The van der Waals surface area contributed by atoms with E-state index in [9.17, 15) is 20.1 Å². The van der Waals surface area contributed by atoms with Crippen LogP contribution in [-0.2, 0) is 20.6 Å². The van der Waals surface area contributed by atoms with Gasteiger partial charge < -0.3 is 29.5 Å². The molecule has 1 aromatic heterocycles. The van der Waals surface area contributed by atoms with Crippen molar-refractivity contribution in [3.05, 3.63) is 26.9 Å². The van der Waals surface area contributed by atoms with E-state index in [1.807, 2.05) is 0 Å². The van der Waals surface area contributed by atoms with Crippen molar-refractivity contribution in [2.45, 2.75) is 43.7 Å². The summed E-state index contributed by atoms with van der Waals surface area (Å²) in [7, 11) is 2.92. The first kappa shape index (κ1) is 19.2. The Bertz CT molecular complexity index is 684. The van der Waals surface area contributed by atoms with Crippen LogP contribution in [0.5, 0.6) is 0 Å². The highest BCUT2D eigenvalue weighted by molar-refractivity contribution is 7.71. The minimum Gasteiger partial charge on any atom is -0.394 e. The number of hydrogen-bond acceptors (Lipinski definition) is 8. The standard InChI is InChI=1S/C14H22N2O7S/c1-14(21-2,22-3)5-7-4-9(18)15-13(24)16(7)12-11(20)10(19)8(6-17)23-12/h4,8,10-12,17,19-20H,5-6H2,1-3H3,(H,15,18,24)/t8-,10?,11?,12-/m1/s1. The van der Waals surface area contributed by atoms with Gasteiger partial charge in [-0.3, -0.25) is 14.3 Å². The van der Waals surface area contributed by atoms with E-state index in [4.69, 9.17) is 26.4 Å². The van der Waals surface area contributed by atoms with Crippen LogP contribution in [0.4, 0.5) is 0 Å². The third-order valence-electron chi connectivity index (χ3n) is 4.19. The molecular weight excluding hydrogens is 340 g/mol. The molecule has 9 nitrogen and oxygen atoms in total. The van der Waals surface area contributed by atoms with Crippen molar-refractivity contribution in [1.29, 1.82) is 0 Å². The van der Waals surface area contributed by atoms with E-state index in [0.29, 0.717) is 5.69 Å². The smallest absolute Gasteiger partial charge is 0.251 e. The van der Waals surface area contributed by atoms with Crippen molar-refractivity contribution in [2.24, 2.45) is 0 Å². The molecule has 136 valence electrons. The minimum absolute atomic E-state index is 0.0156. The maximum Gasteiger partial charge on any atom is 0.251 e. The number of aliphatic hydroxyl groups excluding tert-OH is 3. The van der Waals surface area contributed by atoms with Gasteiger partial charge in [-0.25, -0.2) is 0 Å². The van der Waals surface area contributed by atoms with E-state index in [1.165, 1.54) is 24.9 Å². The van der Waals surface area contributed by atoms with E-state index in [1.54, 1.807) is 6.92 Å². The van der Waals surface area contributed by atoms with Crippen LogP contribution in [0.2, 0.25) is 0 Å². The summed E-state index contributed by atoms with van der Waals surface area (Å²) in [6.45, 7) is 1.22. The van der Waals surface area contributed by atoms with Crippen LogP contribution in [0.25, 0.3) is 0 Å². The Morgan fingerprint density at radius 3 is 2.50 bits per heavy atom. The molecule has 4 atom stereocenters. The SMILES string of the molecule is COC(C)(Cc1cc(=O)[nH]c(=S)n1[C@@H]1O[C@H](CO)C(O)C1O)OC. The molecule has 2 rings (SSSR count). The normalized spacial score (nSPS) is 27.6. The lowest BCUT2D eigenvalue weighted by Gasteiger charge is -2.29. The average molecular weight is 362 g/mol. The molecule has 0 bridgehead atoms. The maximum atomic E-state index is 11.8. The first-order chi connectivity index (χ1) is 11.3. The van der Waals surface area contributed by atoms with Gasteiger partial charge in [-0.15, -0.1) is 0 Å². The van der Waals surface area contributed by atoms with Gasteiger partial charge in [0.2, 0.25) is 0 Å². The number of aliphatic hydroxyl groups is 3. The zero-order valence-electron chi connectivity index (χ0n) is 13.6. The zero-order valence-corrected chi connectivity index (χ0v) is 14.4. The summed E-state index contributed by atoms with van der Waals surface area (Å²) in [4.78, 5) is 14.2. The summed E-state index contributed by atoms with van der Waals surface area (Å²) in [6, 6.07) is 1.29. The Labute approximate surface area is 143 Å². The molecule has 2 unspecified atom stereocenters. The number of methoxy groups -OCH3 is 2. The number of rotatable bonds is 6. The maximum absolute atomic E-state index is 11.8. The summed E-state index contributed by atoms with van der Waals surface area (Å²) in [5.74, 6) is -1.03. The van der Waals surface area contributed by atoms with E-state index < -0.39 is 42.5 Å². The predicted octanol–water partition coefficient (Wildman–Crippen LogP) is -0.931. The molecule has 1 aliphatic heterocycles. The van der Waals surface area contributed by atoms with Gasteiger partial charge in [0.1, 0.15) is 18.3 Å². The molecule has 0 aromatic carbocycles. The van der Waals surface area contributed by atoms with Gasteiger partial charge in [-0.2, -0.15) is 0 Å². The Kier molecular flexibility index (Phi) is 5.91. The monoisotopic (exact) mass is 362 g/mol. The van der Waals surface area contributed by atoms with Crippen LogP contribution < -0.4 is 5.56 Å². The second-order valence-electron chi connectivity index (χ2n) is 5.75. The summed E-state index contributed by atoms with van der Waals surface area (Å²) in [6.07, 6.45) is -4.48. The van der Waals surface area contributed by atoms with Gasteiger partial charge in [-0.1, -0.05) is 0 Å². The van der Waals surface area contributed by atoms with Gasteiger partial charge in [0, 0.05) is 32.4 Å². The second kappa shape index (κ2) is 7.40. The van der Waals surface area contributed by atoms with E-state index in [0.717, 1.165) is 0 Å². The number of aromatic amines is 1. The molecule has 2 heterocycles. The predicted molar refractivity (Wildman–Crippen MR) is 85.0 cm³/mol. The fourth-order valence-corrected chi connectivity index (χ4v) is 2.94. The second-order valence-corrected chi connectivity index (χ2v) is 6.13. The number of aromatic nitrogens is 2. The molecule has 0 amide bonds. The van der Waals surface area contributed by atoms with Gasteiger partial charge in [0.25, 0.3) is 5.56 Å². The molecule has 1 aliphatic rings. The minimum atomic E-state index is -1.32. The summed E-state index contributed by atoms with van der Waals surface area (Å²) >= 11 is 5.18. The van der Waals surface area contributed by atoms with Crippen molar-refractivity contribution < 1.29 is 29.5 Å². The van der Waals surface area contributed by atoms with Gasteiger partial charge >= 0.3 is 0 Å². The molecule has 10 heteroatoms. The van der Waals surface area contributed by atoms with Gasteiger partial charge in [0.05, 0.1) is 6.61 Å². The third-order valence-corrected chi connectivity index (χ3v) is 4.49. The molecule has 1 fully saturated rings. The first-order valence-electron chi connectivity index (χ1n) is 7.34. The molecule has 0 saturated carbocycles. The van der Waals surface area contributed by atoms with Crippen LogP contribution in [0, 0.1) is 4.77 Å². The first-order valence-corrected chi connectivity index (χ1v) is 7.74. The van der Waals surface area contributed by atoms with Gasteiger partial charge in [-0.05, 0) is 19.1 Å². The highest BCUT2D eigenvalue weighted by atomic mass is 32.1. The van der Waals surface area contributed by atoms with Crippen LogP contribution in [-0.4, -0.2) is 69.8 Å². The number of ether oxygens (including phenoxy) is 3. The quantitative estimate of drug-likeness (QED) is 0.378. The van der Waals surface area contributed by atoms with E-state index in [2.05, 4.69) is 4.98 Å². The molecule has 1 aromatic rings. The lowest BCUT2D eigenvalue weighted by atomic mass is 10.1. The third kappa shape index (κ3) is 3.59. The van der Waals surface area contributed by atoms with Crippen molar-refractivity contribution in [1.82, 2.24) is 9.55 Å². The van der Waals surface area contributed by atoms with Crippen molar-refractivity contribution in [2.75, 3.05) is 20.8 Å². The van der Waals surface area contributed by atoms with E-state index >= 15 is 0 Å². The lowest BCUT2D eigenvalue weighted by molar-refractivity contribution is -0.193. The molecule has 24 heavy (non-hydrogen) atoms. The summed E-state index contributed by atoms with van der Waals surface area (Å²) < 4.78 is 17.5. The van der Waals surface area contributed by atoms with Crippen molar-refractivity contribution in [3.8, 4) is 0 Å². The fraction of sp³-hybridized carbons (Fsp3) is 0.714. The van der Waals surface area contributed by atoms with Crippen molar-refractivity contribution in [3.63, 3.8) is 0 Å². The number of nitrogens with one attached hydrogen (secondary N) is 1. The highest BCUT2D eigenvalue weighted by Gasteiger charge is 2.44.